The fourth-order valence-corrected chi connectivity index (χ4v) is 11.3. The van der Waals surface area contributed by atoms with Crippen LogP contribution in [0.4, 0.5) is 17.6 Å². The average molecular weight is 1360 g/mol. The van der Waals surface area contributed by atoms with Gasteiger partial charge in [-0.05, 0) is 118 Å². The molecule has 0 spiro atoms. The third-order valence-electron chi connectivity index (χ3n) is 17.3. The molecule has 9 aromatic carbocycles. The smallest absolute Gasteiger partial charge is 0.391 e. The van der Waals surface area contributed by atoms with E-state index in [9.17, 15) is 17.6 Å². The van der Waals surface area contributed by atoms with Crippen LogP contribution in [0.25, 0.3) is 11.6 Å². The molecule has 4 unspecified atom stereocenters. The van der Waals surface area contributed by atoms with Crippen LogP contribution in [0.2, 0.25) is 18.1 Å². The Morgan fingerprint density at radius 2 is 0.842 bits per heavy atom. The molecule has 0 saturated carbocycles. The van der Waals surface area contributed by atoms with Crippen molar-refractivity contribution in [3.05, 3.63) is 342 Å². The van der Waals surface area contributed by atoms with Crippen LogP contribution >= 0.6 is 15.9 Å². The van der Waals surface area contributed by atoms with Crippen LogP contribution in [-0.4, -0.2) is 45.8 Å². The summed E-state index contributed by atoms with van der Waals surface area (Å²) in [5.74, 6) is 3.74. The van der Waals surface area contributed by atoms with Crippen molar-refractivity contribution >= 4 is 35.9 Å². The van der Waals surface area contributed by atoms with E-state index in [1.807, 2.05) is 98.0 Å². The Hall–Kier alpha value is -6.74. The standard InChI is InChI=1S/C28H33F.C26H29.C14H12.C8H8.C7H17FOSi.C2H4BrF.CH3FO.Li/c1-3-23(2)21-25(24-13-7-4-8-14-24)22-28(19-20-29,26-15-9-5-10-16-26)27-17-11-6-12-18-27;1-3-21(2)19-25(22-13-7-4-8-14-22)20-26(23-15-9-5-10-16-23)24-17-11-6-12-18-24;1-12(13-8-4-2-5-9-13)14-10-6-3-7-11-14;1-2-8-6-4-3-5-7-8;1-7(2,3)10(4,5)9-6-8;3-1-2-4;2-1-3;/h4-18,23,25H,3,19-22H2,1-2H3;4-18,21,25H,3,19-20H2,1-2H3;2-11H,1H2;2-7H,1H2;6H2,1-5H3;1-2H2;3H,1H2;/q;-1;;;;;;+1. The van der Waals surface area contributed by atoms with Gasteiger partial charge in [0.1, 0.15) is 0 Å². The first-order valence-electron chi connectivity index (χ1n) is 33.1. The molecule has 0 fully saturated rings. The summed E-state index contributed by atoms with van der Waals surface area (Å²) in [6, 6.07) is 95.2. The minimum absolute atomic E-state index is 0. The summed E-state index contributed by atoms with van der Waals surface area (Å²) < 4.78 is 51.5. The number of benzene rings is 9. The van der Waals surface area contributed by atoms with Crippen molar-refractivity contribution < 1.29 is 46.0 Å². The molecule has 0 amide bonds. The van der Waals surface area contributed by atoms with Crippen molar-refractivity contribution in [1.82, 2.24) is 0 Å². The van der Waals surface area contributed by atoms with Crippen molar-refractivity contribution in [2.75, 3.05) is 32.4 Å². The van der Waals surface area contributed by atoms with E-state index in [-0.39, 0.29) is 42.7 Å². The molecule has 502 valence electrons. The number of hydrogen-bond donors (Lipinski definition) is 1. The van der Waals surface area contributed by atoms with Gasteiger partial charge in [-0.3, -0.25) is 8.78 Å². The Morgan fingerprint density at radius 3 is 1.14 bits per heavy atom. The molecule has 0 heterocycles. The van der Waals surface area contributed by atoms with Gasteiger partial charge in [0.25, 0.3) is 0 Å². The largest absolute Gasteiger partial charge is 1.00 e. The molecule has 0 aliphatic rings. The molecule has 0 saturated heterocycles. The number of aliphatic hydroxyl groups is 1. The summed E-state index contributed by atoms with van der Waals surface area (Å²) in [4.78, 5) is 0. The average Bonchev–Trinajstić information content (AvgIpc) is 0.777. The van der Waals surface area contributed by atoms with E-state index in [4.69, 9.17) is 9.53 Å². The zero-order chi connectivity index (χ0) is 68.9. The van der Waals surface area contributed by atoms with Gasteiger partial charge in [-0.15, -0.1) is 41.3 Å². The Morgan fingerprint density at radius 1 is 0.526 bits per heavy atom. The molecule has 9 rings (SSSR count). The molecular formula is C86H106BrF4LiO2Si. The third-order valence-corrected chi connectivity index (χ3v) is 22.1. The van der Waals surface area contributed by atoms with Crippen molar-refractivity contribution in [1.29, 1.82) is 0 Å². The number of rotatable bonds is 24. The molecule has 2 nitrogen and oxygen atoms in total. The first kappa shape index (κ1) is 84.4. The zero-order valence-corrected chi connectivity index (χ0v) is 61.1. The summed E-state index contributed by atoms with van der Waals surface area (Å²) in [5.41, 5.74) is 12.2. The monoisotopic (exact) mass is 1360 g/mol. The fourth-order valence-electron chi connectivity index (χ4n) is 10.6. The molecule has 9 aromatic rings. The molecule has 0 aliphatic heterocycles. The maximum Gasteiger partial charge on any atom is 1.00 e. The first-order valence-corrected chi connectivity index (χ1v) is 37.1. The van der Waals surface area contributed by atoms with Gasteiger partial charge in [-0.2, -0.15) is 0 Å². The summed E-state index contributed by atoms with van der Waals surface area (Å²) in [5, 5.41) is 7.49. The van der Waals surface area contributed by atoms with Gasteiger partial charge in [-0.25, -0.2) is 8.78 Å². The van der Waals surface area contributed by atoms with Crippen LogP contribution in [0, 0.1) is 17.8 Å². The summed E-state index contributed by atoms with van der Waals surface area (Å²) >= 11 is 2.87. The van der Waals surface area contributed by atoms with E-state index in [0.717, 1.165) is 37.2 Å². The molecule has 9 heteroatoms. The maximum atomic E-state index is 14.0. The summed E-state index contributed by atoms with van der Waals surface area (Å²) in [6.07, 6.45) is 9.07. The van der Waals surface area contributed by atoms with Gasteiger partial charge in [0, 0.05) is 10.7 Å². The van der Waals surface area contributed by atoms with Crippen molar-refractivity contribution in [3.8, 4) is 0 Å². The molecular weight excluding hydrogens is 1260 g/mol. The van der Waals surface area contributed by atoms with Gasteiger partial charge < -0.3 is 9.53 Å². The van der Waals surface area contributed by atoms with E-state index >= 15 is 0 Å². The maximum absolute atomic E-state index is 14.0. The molecule has 0 radical (unpaired) electrons. The van der Waals surface area contributed by atoms with E-state index < -0.39 is 22.0 Å². The Labute approximate surface area is 592 Å². The predicted octanol–water partition coefficient (Wildman–Crippen LogP) is 22.5. The van der Waals surface area contributed by atoms with Crippen LogP contribution in [0.15, 0.2) is 286 Å². The number of alkyl halides is 5. The zero-order valence-electron chi connectivity index (χ0n) is 58.5. The Balaban J connectivity index is 0.000000420. The second-order valence-electron chi connectivity index (χ2n) is 24.9. The molecule has 1 N–H and O–H groups in total. The van der Waals surface area contributed by atoms with Crippen LogP contribution in [0.1, 0.15) is 155 Å². The van der Waals surface area contributed by atoms with E-state index in [1.165, 1.54) is 68.8 Å². The SMILES string of the molecule is C=C(c1ccccc1)c1ccccc1.C=Cc1ccccc1.CC(C)(C)[Si](C)(C)OCF.CCC(C)CC(CC(CCF)(c1ccccc1)c1ccccc1)c1ccccc1.CCC(C)CC(C[C-](c1ccccc1)c1ccccc1)c1ccccc1.FCCBr.OCF.[Li+]. The van der Waals surface area contributed by atoms with Crippen LogP contribution in [0.5, 0.6) is 0 Å². The topological polar surface area (TPSA) is 29.5 Å². The van der Waals surface area contributed by atoms with Crippen molar-refractivity contribution in [2.45, 2.75) is 129 Å². The summed E-state index contributed by atoms with van der Waals surface area (Å²) in [7, 11) is -1.78. The van der Waals surface area contributed by atoms with Gasteiger partial charge in [0.05, 0.1) is 13.3 Å². The second-order valence-corrected chi connectivity index (χ2v) is 30.5. The van der Waals surface area contributed by atoms with Gasteiger partial charge in [-0.1, -0.05) is 345 Å². The molecule has 4 atom stereocenters. The van der Waals surface area contributed by atoms with E-state index in [2.05, 4.69) is 272 Å². The number of halogens is 5. The number of hydrogen-bond acceptors (Lipinski definition) is 2. The van der Waals surface area contributed by atoms with Crippen LogP contribution in [0.3, 0.4) is 0 Å². The van der Waals surface area contributed by atoms with Gasteiger partial charge in [0.2, 0.25) is 0 Å². The van der Waals surface area contributed by atoms with Crippen molar-refractivity contribution in [2.24, 2.45) is 11.8 Å². The number of aliphatic hydroxyl groups excluding tert-OH is 1. The molecule has 0 aliphatic carbocycles. The molecule has 0 aromatic heterocycles. The first-order chi connectivity index (χ1) is 45.4. The van der Waals surface area contributed by atoms with Crippen molar-refractivity contribution in [3.63, 3.8) is 0 Å². The van der Waals surface area contributed by atoms with E-state index in [1.54, 1.807) is 0 Å². The van der Waals surface area contributed by atoms with Gasteiger partial charge in [0.15, 0.2) is 22.0 Å². The predicted molar refractivity (Wildman–Crippen MR) is 404 cm³/mol. The minimum Gasteiger partial charge on any atom is -0.391 e. The fraction of sp³-hybridized carbons (Fsp3) is 0.314. The summed E-state index contributed by atoms with van der Waals surface area (Å²) in [6.45, 7) is 24.9. The third kappa shape index (κ3) is 31.3. The normalized spacial score (nSPS) is 11.9. The van der Waals surface area contributed by atoms with Crippen LogP contribution < -0.4 is 18.9 Å². The minimum atomic E-state index is -1.78. The molecule has 95 heavy (non-hydrogen) atoms. The second kappa shape index (κ2) is 48.9. The Bertz CT molecular complexity index is 3150. The Kier molecular flexibility index (Phi) is 43.4. The quantitative estimate of drug-likeness (QED) is 0.0283. The van der Waals surface area contributed by atoms with Gasteiger partial charge >= 0.3 is 18.9 Å². The van der Waals surface area contributed by atoms with E-state index in [0.29, 0.717) is 29.5 Å². The molecule has 0 bridgehead atoms. The van der Waals surface area contributed by atoms with Crippen LogP contribution in [-0.2, 0) is 9.84 Å².